The molecule has 1 saturated heterocycles. The van der Waals surface area contributed by atoms with Crippen molar-refractivity contribution in [2.45, 2.75) is 36.5 Å². The van der Waals surface area contributed by atoms with Crippen LogP contribution in [-0.2, 0) is 11.2 Å². The summed E-state index contributed by atoms with van der Waals surface area (Å²) in [6, 6.07) is 4.56. The van der Waals surface area contributed by atoms with Crippen LogP contribution in [0, 0.1) is 5.82 Å². The predicted molar refractivity (Wildman–Crippen MR) is 90.3 cm³/mol. The molecule has 1 aliphatic carbocycles. The predicted octanol–water partition coefficient (Wildman–Crippen LogP) is 3.02. The lowest BCUT2D eigenvalue weighted by Crippen LogP contribution is -2.47. The third-order valence-electron chi connectivity index (χ3n) is 4.90. The van der Waals surface area contributed by atoms with Crippen molar-refractivity contribution in [3.05, 3.63) is 35.1 Å². The van der Waals surface area contributed by atoms with E-state index in [-0.39, 0.29) is 22.6 Å². The summed E-state index contributed by atoms with van der Waals surface area (Å²) in [6.07, 6.45) is 5.69. The Labute approximate surface area is 140 Å². The van der Waals surface area contributed by atoms with Crippen LogP contribution in [-0.4, -0.2) is 36.8 Å². The number of aryl methyl sites for hydroxylation is 1. The molecular formula is C17H23FN2O2S. The van der Waals surface area contributed by atoms with Gasteiger partial charge in [0.25, 0.3) is 0 Å². The van der Waals surface area contributed by atoms with E-state index in [1.54, 1.807) is 11.8 Å². The van der Waals surface area contributed by atoms with Gasteiger partial charge in [-0.1, -0.05) is 6.07 Å². The second kappa shape index (κ2) is 7.09. The number of nitrogens with one attached hydrogen (secondary N) is 2. The molecule has 0 spiro atoms. The van der Waals surface area contributed by atoms with Gasteiger partial charge in [0.15, 0.2) is 0 Å². The lowest BCUT2D eigenvalue weighted by Gasteiger charge is -2.35. The van der Waals surface area contributed by atoms with E-state index in [2.05, 4.69) is 16.9 Å². The highest BCUT2D eigenvalue weighted by Gasteiger charge is 2.32. The minimum atomic E-state index is -0.249. The van der Waals surface area contributed by atoms with Crippen molar-refractivity contribution in [1.29, 1.82) is 0 Å². The van der Waals surface area contributed by atoms with E-state index in [0.717, 1.165) is 50.0 Å². The number of benzene rings is 1. The first-order valence-electron chi connectivity index (χ1n) is 8.07. The normalized spacial score (nSPS) is 22.4. The van der Waals surface area contributed by atoms with Crippen LogP contribution in [0.25, 0.3) is 0 Å². The van der Waals surface area contributed by atoms with Crippen molar-refractivity contribution < 1.29 is 13.9 Å². The van der Waals surface area contributed by atoms with Gasteiger partial charge in [-0.15, -0.1) is 0 Å². The minimum Gasteiger partial charge on any atom is -0.381 e. The Hall–Kier alpha value is -1.27. The fourth-order valence-corrected chi connectivity index (χ4v) is 4.16. The third-order valence-corrected chi connectivity index (χ3v) is 6.32. The van der Waals surface area contributed by atoms with Crippen molar-refractivity contribution in [1.82, 2.24) is 10.6 Å². The standard InChI is InChI=1S/C17H23FN2O2S/c1-23-17(6-8-22-9-7-17)11-19-16(21)20-15-5-3-12-2-4-13(18)10-14(12)15/h2,4,10,15H,3,5-9,11H2,1H3,(H2,19,20,21). The van der Waals surface area contributed by atoms with Crippen LogP contribution >= 0.6 is 11.8 Å². The van der Waals surface area contributed by atoms with Gasteiger partial charge in [-0.25, -0.2) is 9.18 Å². The molecule has 3 rings (SSSR count). The van der Waals surface area contributed by atoms with E-state index in [1.165, 1.54) is 12.1 Å². The third kappa shape index (κ3) is 3.80. The van der Waals surface area contributed by atoms with Gasteiger partial charge in [-0.2, -0.15) is 11.8 Å². The first kappa shape index (κ1) is 16.6. The molecule has 0 saturated carbocycles. The van der Waals surface area contributed by atoms with E-state index in [4.69, 9.17) is 4.74 Å². The van der Waals surface area contributed by atoms with Gasteiger partial charge in [-0.05, 0) is 55.2 Å². The lowest BCUT2D eigenvalue weighted by molar-refractivity contribution is 0.0777. The zero-order valence-electron chi connectivity index (χ0n) is 13.4. The van der Waals surface area contributed by atoms with E-state index in [1.807, 2.05) is 6.07 Å². The number of amides is 2. The van der Waals surface area contributed by atoms with Gasteiger partial charge < -0.3 is 15.4 Å². The maximum atomic E-state index is 13.4. The summed E-state index contributed by atoms with van der Waals surface area (Å²) in [5.74, 6) is -0.249. The summed E-state index contributed by atoms with van der Waals surface area (Å²) in [5, 5.41) is 5.98. The summed E-state index contributed by atoms with van der Waals surface area (Å²) in [4.78, 5) is 12.2. The first-order chi connectivity index (χ1) is 11.1. The Morgan fingerprint density at radius 1 is 1.43 bits per heavy atom. The Kier molecular flexibility index (Phi) is 5.11. The van der Waals surface area contributed by atoms with Crippen LogP contribution in [0.4, 0.5) is 9.18 Å². The number of hydrogen-bond acceptors (Lipinski definition) is 3. The first-order valence-corrected chi connectivity index (χ1v) is 9.30. The second-order valence-electron chi connectivity index (χ2n) is 6.26. The van der Waals surface area contributed by atoms with Gasteiger partial charge in [0.1, 0.15) is 5.82 Å². The molecule has 1 heterocycles. The molecule has 1 aliphatic heterocycles. The number of fused-ring (bicyclic) bond motifs is 1. The molecule has 126 valence electrons. The quantitative estimate of drug-likeness (QED) is 0.887. The van der Waals surface area contributed by atoms with E-state index >= 15 is 0 Å². The monoisotopic (exact) mass is 338 g/mol. The van der Waals surface area contributed by atoms with Crippen LogP contribution in [0.5, 0.6) is 0 Å². The molecule has 4 nitrogen and oxygen atoms in total. The molecule has 1 unspecified atom stereocenters. The van der Waals surface area contributed by atoms with Crippen LogP contribution in [0.2, 0.25) is 0 Å². The van der Waals surface area contributed by atoms with Gasteiger partial charge >= 0.3 is 6.03 Å². The summed E-state index contributed by atoms with van der Waals surface area (Å²) in [5.41, 5.74) is 2.03. The molecule has 0 radical (unpaired) electrons. The number of hydrogen-bond donors (Lipinski definition) is 2. The van der Waals surface area contributed by atoms with Crippen molar-refractivity contribution in [2.75, 3.05) is 26.0 Å². The lowest BCUT2D eigenvalue weighted by atomic mass is 9.99. The van der Waals surface area contributed by atoms with E-state index in [9.17, 15) is 9.18 Å². The Balaban J connectivity index is 1.55. The summed E-state index contributed by atoms with van der Waals surface area (Å²) >= 11 is 1.80. The fourth-order valence-electron chi connectivity index (χ4n) is 3.37. The van der Waals surface area contributed by atoms with Crippen LogP contribution in [0.3, 0.4) is 0 Å². The number of rotatable bonds is 4. The molecule has 2 amide bonds. The van der Waals surface area contributed by atoms with Crippen LogP contribution < -0.4 is 10.6 Å². The maximum absolute atomic E-state index is 13.4. The molecule has 1 atom stereocenters. The SMILES string of the molecule is CSC1(CNC(=O)NC2CCc3ccc(F)cc32)CCOCC1. The largest absolute Gasteiger partial charge is 0.381 e. The van der Waals surface area contributed by atoms with Gasteiger partial charge in [0.05, 0.1) is 6.04 Å². The van der Waals surface area contributed by atoms with Crippen molar-refractivity contribution in [3.8, 4) is 0 Å². The smallest absolute Gasteiger partial charge is 0.315 e. The number of urea groups is 1. The Morgan fingerprint density at radius 2 is 2.22 bits per heavy atom. The highest BCUT2D eigenvalue weighted by molar-refractivity contribution is 8.00. The molecule has 2 aliphatic rings. The van der Waals surface area contributed by atoms with Gasteiger partial charge in [0, 0.05) is 24.5 Å². The van der Waals surface area contributed by atoms with E-state index < -0.39 is 0 Å². The number of thioether (sulfide) groups is 1. The van der Waals surface area contributed by atoms with E-state index in [0.29, 0.717) is 6.54 Å². The van der Waals surface area contributed by atoms with Crippen LogP contribution in [0.15, 0.2) is 18.2 Å². The van der Waals surface area contributed by atoms with Crippen molar-refractivity contribution in [2.24, 2.45) is 0 Å². The average molecular weight is 338 g/mol. The molecule has 23 heavy (non-hydrogen) atoms. The topological polar surface area (TPSA) is 50.4 Å². The number of carbonyl (C=O) groups excluding carboxylic acids is 1. The second-order valence-corrected chi connectivity index (χ2v) is 7.54. The molecule has 1 aromatic rings. The molecule has 1 aromatic carbocycles. The van der Waals surface area contributed by atoms with Gasteiger partial charge in [-0.3, -0.25) is 0 Å². The zero-order valence-corrected chi connectivity index (χ0v) is 14.2. The molecule has 0 bridgehead atoms. The Morgan fingerprint density at radius 3 is 2.96 bits per heavy atom. The Bertz CT molecular complexity index is 576. The molecular weight excluding hydrogens is 315 g/mol. The summed E-state index contributed by atoms with van der Waals surface area (Å²) in [7, 11) is 0. The highest BCUT2D eigenvalue weighted by Crippen LogP contribution is 2.33. The fraction of sp³-hybridized carbons (Fsp3) is 0.588. The summed E-state index contributed by atoms with van der Waals surface area (Å²) < 4.78 is 18.9. The molecule has 0 aromatic heterocycles. The summed E-state index contributed by atoms with van der Waals surface area (Å²) in [6.45, 7) is 2.13. The van der Waals surface area contributed by atoms with Crippen molar-refractivity contribution >= 4 is 17.8 Å². The number of carbonyl (C=O) groups is 1. The highest BCUT2D eigenvalue weighted by atomic mass is 32.2. The number of ether oxygens (including phenoxy) is 1. The molecule has 2 N–H and O–H groups in total. The minimum absolute atomic E-state index is 0.0648. The number of halogens is 1. The molecule has 6 heteroatoms. The maximum Gasteiger partial charge on any atom is 0.315 e. The average Bonchev–Trinajstić information content (AvgIpc) is 2.96. The molecule has 1 fully saturated rings. The zero-order chi connectivity index (χ0) is 16.3. The van der Waals surface area contributed by atoms with Crippen molar-refractivity contribution in [3.63, 3.8) is 0 Å². The van der Waals surface area contributed by atoms with Crippen LogP contribution in [0.1, 0.15) is 36.4 Å². The van der Waals surface area contributed by atoms with Gasteiger partial charge in [0.2, 0.25) is 0 Å².